The monoisotopic (exact) mass is 268 g/mol. The molecule has 2 saturated heterocycles. The van der Waals surface area contributed by atoms with E-state index in [4.69, 9.17) is 0 Å². The van der Waals surface area contributed by atoms with Crippen molar-refractivity contribution >= 4 is 17.8 Å². The Balaban J connectivity index is 2.06. The third-order valence-corrected chi connectivity index (χ3v) is 3.81. The molecular weight excluding hydrogens is 248 g/mol. The summed E-state index contributed by atoms with van der Waals surface area (Å²) < 4.78 is 0. The molecule has 106 valence electrons. The van der Waals surface area contributed by atoms with Gasteiger partial charge in [-0.2, -0.15) is 0 Å². The molecule has 0 saturated carbocycles. The Morgan fingerprint density at radius 3 is 2.63 bits per heavy atom. The van der Waals surface area contributed by atoms with E-state index in [0.29, 0.717) is 6.54 Å². The molecule has 0 aliphatic carbocycles. The molecule has 2 N–H and O–H groups in total. The van der Waals surface area contributed by atoms with Crippen LogP contribution in [-0.2, 0) is 9.59 Å². The number of hydrogen-bond acceptors (Lipinski definition) is 4. The number of piperazine rings is 1. The Morgan fingerprint density at radius 1 is 1.42 bits per heavy atom. The van der Waals surface area contributed by atoms with Crippen molar-refractivity contribution in [2.75, 3.05) is 26.2 Å². The second kappa shape index (κ2) is 4.80. The maximum absolute atomic E-state index is 12.3. The Hall–Kier alpha value is -1.63. The van der Waals surface area contributed by atoms with E-state index in [9.17, 15) is 14.4 Å². The summed E-state index contributed by atoms with van der Waals surface area (Å²) >= 11 is 0. The van der Waals surface area contributed by atoms with Gasteiger partial charge in [0.2, 0.25) is 5.91 Å². The maximum Gasteiger partial charge on any atom is 0.325 e. The van der Waals surface area contributed by atoms with Gasteiger partial charge in [-0.3, -0.25) is 14.9 Å². The van der Waals surface area contributed by atoms with Crippen LogP contribution < -0.4 is 10.6 Å². The lowest BCUT2D eigenvalue weighted by Gasteiger charge is -2.36. The third-order valence-electron chi connectivity index (χ3n) is 3.81. The fourth-order valence-corrected chi connectivity index (χ4v) is 2.40. The standard InChI is InChI=1S/C12H20N4O3/c1-8-6-13-4-5-15(8)9(17)7-16-11(19)14-10(18)12(16,2)3/h8,13H,4-7H2,1-3H3,(H,14,18,19)/t8-/m1/s1. The van der Waals surface area contributed by atoms with Crippen LogP contribution in [0.3, 0.4) is 0 Å². The molecule has 0 aromatic rings. The zero-order valence-corrected chi connectivity index (χ0v) is 11.5. The van der Waals surface area contributed by atoms with Crippen molar-refractivity contribution in [3.63, 3.8) is 0 Å². The van der Waals surface area contributed by atoms with Crippen molar-refractivity contribution < 1.29 is 14.4 Å². The van der Waals surface area contributed by atoms with Gasteiger partial charge in [-0.15, -0.1) is 0 Å². The normalized spacial score (nSPS) is 26.6. The molecule has 2 aliphatic heterocycles. The van der Waals surface area contributed by atoms with Gasteiger partial charge in [-0.25, -0.2) is 4.79 Å². The summed E-state index contributed by atoms with van der Waals surface area (Å²) in [5, 5.41) is 5.45. The smallest absolute Gasteiger partial charge is 0.325 e. The van der Waals surface area contributed by atoms with E-state index in [1.165, 1.54) is 4.90 Å². The van der Waals surface area contributed by atoms with Crippen LogP contribution in [0.5, 0.6) is 0 Å². The first-order valence-electron chi connectivity index (χ1n) is 6.47. The zero-order valence-electron chi connectivity index (χ0n) is 11.5. The summed E-state index contributed by atoms with van der Waals surface area (Å²) in [6.45, 7) is 7.32. The van der Waals surface area contributed by atoms with Gasteiger partial charge in [0, 0.05) is 25.7 Å². The van der Waals surface area contributed by atoms with Gasteiger partial charge < -0.3 is 15.1 Å². The number of imide groups is 1. The second-order valence-electron chi connectivity index (χ2n) is 5.54. The van der Waals surface area contributed by atoms with Crippen molar-refractivity contribution in [2.45, 2.75) is 32.4 Å². The van der Waals surface area contributed by atoms with E-state index < -0.39 is 11.6 Å². The topological polar surface area (TPSA) is 81.8 Å². The van der Waals surface area contributed by atoms with Gasteiger partial charge in [0.1, 0.15) is 12.1 Å². The fraction of sp³-hybridized carbons (Fsp3) is 0.750. The quantitative estimate of drug-likeness (QED) is 0.638. The summed E-state index contributed by atoms with van der Waals surface area (Å²) in [4.78, 5) is 38.7. The number of hydrogen-bond donors (Lipinski definition) is 2. The van der Waals surface area contributed by atoms with Gasteiger partial charge in [0.25, 0.3) is 5.91 Å². The van der Waals surface area contributed by atoms with E-state index >= 15 is 0 Å². The lowest BCUT2D eigenvalue weighted by molar-refractivity contribution is -0.136. The highest BCUT2D eigenvalue weighted by Crippen LogP contribution is 2.21. The van der Waals surface area contributed by atoms with Crippen LogP contribution in [0.4, 0.5) is 4.79 Å². The first-order chi connectivity index (χ1) is 8.84. The molecule has 2 rings (SSSR count). The van der Waals surface area contributed by atoms with Crippen LogP contribution in [0.15, 0.2) is 0 Å². The minimum atomic E-state index is -0.968. The van der Waals surface area contributed by atoms with E-state index in [2.05, 4.69) is 10.6 Å². The average molecular weight is 268 g/mol. The Morgan fingerprint density at radius 2 is 2.11 bits per heavy atom. The lowest BCUT2D eigenvalue weighted by Crippen LogP contribution is -2.56. The highest BCUT2D eigenvalue weighted by molar-refractivity contribution is 6.07. The van der Waals surface area contributed by atoms with Crippen molar-refractivity contribution in [3.8, 4) is 0 Å². The van der Waals surface area contributed by atoms with Crippen LogP contribution in [0.2, 0.25) is 0 Å². The summed E-state index contributed by atoms with van der Waals surface area (Å²) in [6.07, 6.45) is 0. The Kier molecular flexibility index (Phi) is 3.49. The highest BCUT2D eigenvalue weighted by atomic mass is 16.2. The molecule has 0 aromatic heterocycles. The molecule has 19 heavy (non-hydrogen) atoms. The zero-order chi connectivity index (χ0) is 14.2. The molecule has 0 unspecified atom stereocenters. The van der Waals surface area contributed by atoms with Crippen LogP contribution in [0.1, 0.15) is 20.8 Å². The summed E-state index contributed by atoms with van der Waals surface area (Å²) in [5.41, 5.74) is -0.968. The van der Waals surface area contributed by atoms with Gasteiger partial charge in [-0.05, 0) is 20.8 Å². The Labute approximate surface area is 112 Å². The number of amides is 4. The first-order valence-corrected chi connectivity index (χ1v) is 6.47. The predicted octanol–water partition coefficient (Wildman–Crippen LogP) is -0.863. The van der Waals surface area contributed by atoms with Crippen molar-refractivity contribution in [1.82, 2.24) is 20.4 Å². The number of nitrogens with zero attached hydrogens (tertiary/aromatic N) is 2. The summed E-state index contributed by atoms with van der Waals surface area (Å²) in [6, 6.07) is -0.392. The number of urea groups is 1. The minimum absolute atomic E-state index is 0.0606. The van der Waals surface area contributed by atoms with Crippen LogP contribution in [0, 0.1) is 0 Å². The lowest BCUT2D eigenvalue weighted by atomic mass is 10.0. The number of nitrogens with one attached hydrogen (secondary N) is 2. The van der Waals surface area contributed by atoms with Gasteiger partial charge in [0.15, 0.2) is 0 Å². The van der Waals surface area contributed by atoms with Gasteiger partial charge in [0.05, 0.1) is 0 Å². The number of rotatable bonds is 2. The molecule has 2 fully saturated rings. The molecule has 2 aliphatic rings. The maximum atomic E-state index is 12.3. The third kappa shape index (κ3) is 2.42. The Bertz CT molecular complexity index is 421. The molecule has 1 atom stereocenters. The molecule has 7 nitrogen and oxygen atoms in total. The van der Waals surface area contributed by atoms with E-state index in [-0.39, 0.29) is 24.4 Å². The number of carbonyl (C=O) groups is 3. The van der Waals surface area contributed by atoms with E-state index in [0.717, 1.165) is 13.1 Å². The second-order valence-corrected chi connectivity index (χ2v) is 5.54. The molecule has 4 amide bonds. The molecule has 0 bridgehead atoms. The first kappa shape index (κ1) is 13.8. The highest BCUT2D eigenvalue weighted by Gasteiger charge is 2.46. The minimum Gasteiger partial charge on any atom is -0.336 e. The molecule has 0 aromatic carbocycles. The van der Waals surface area contributed by atoms with E-state index in [1.807, 2.05) is 6.92 Å². The van der Waals surface area contributed by atoms with Gasteiger partial charge >= 0.3 is 6.03 Å². The van der Waals surface area contributed by atoms with Crippen molar-refractivity contribution in [3.05, 3.63) is 0 Å². The van der Waals surface area contributed by atoms with Crippen molar-refractivity contribution in [2.24, 2.45) is 0 Å². The molecule has 7 heteroatoms. The SMILES string of the molecule is C[C@@H]1CNCCN1C(=O)CN1C(=O)NC(=O)C1(C)C. The average Bonchev–Trinajstić information content (AvgIpc) is 2.52. The molecular formula is C12H20N4O3. The van der Waals surface area contributed by atoms with Crippen LogP contribution in [-0.4, -0.2) is 65.4 Å². The predicted molar refractivity (Wildman–Crippen MR) is 68.4 cm³/mol. The van der Waals surface area contributed by atoms with Crippen molar-refractivity contribution in [1.29, 1.82) is 0 Å². The summed E-state index contributed by atoms with van der Waals surface area (Å²) in [5.74, 6) is -0.481. The molecule has 2 heterocycles. The molecule has 0 spiro atoms. The fourth-order valence-electron chi connectivity index (χ4n) is 2.40. The van der Waals surface area contributed by atoms with Gasteiger partial charge in [-0.1, -0.05) is 0 Å². The van der Waals surface area contributed by atoms with E-state index in [1.54, 1.807) is 18.7 Å². The molecule has 0 radical (unpaired) electrons. The largest absolute Gasteiger partial charge is 0.336 e. The van der Waals surface area contributed by atoms with Crippen LogP contribution in [0.25, 0.3) is 0 Å². The number of carbonyl (C=O) groups excluding carboxylic acids is 3. The summed E-state index contributed by atoms with van der Waals surface area (Å²) in [7, 11) is 0. The van der Waals surface area contributed by atoms with Crippen LogP contribution >= 0.6 is 0 Å².